The molecule has 0 aliphatic carbocycles. The number of hydrogen-bond acceptors (Lipinski definition) is 2. The number of rotatable bonds is 2. The van der Waals surface area contributed by atoms with Gasteiger partial charge in [-0.25, -0.2) is 4.39 Å². The molecule has 3 heterocycles. The number of aromatic nitrogens is 1. The average molecular weight is 286 g/mol. The van der Waals surface area contributed by atoms with Gasteiger partial charge in [-0.05, 0) is 49.5 Å². The Morgan fingerprint density at radius 1 is 1.10 bits per heavy atom. The van der Waals surface area contributed by atoms with E-state index in [9.17, 15) is 9.18 Å². The molecule has 2 aliphatic heterocycles. The lowest BCUT2D eigenvalue weighted by Crippen LogP contribution is -2.34. The van der Waals surface area contributed by atoms with E-state index in [4.69, 9.17) is 0 Å². The molecule has 3 nitrogen and oxygen atoms in total. The van der Waals surface area contributed by atoms with Crippen molar-refractivity contribution in [3.8, 4) is 0 Å². The SMILES string of the molecule is O=c1ccc2ccc(F)c3c2n1CC3CN1CCCCC1. The van der Waals surface area contributed by atoms with Crippen LogP contribution in [0.2, 0.25) is 0 Å². The van der Waals surface area contributed by atoms with Crippen LogP contribution in [0.1, 0.15) is 30.7 Å². The molecule has 2 aromatic rings. The van der Waals surface area contributed by atoms with Crippen molar-refractivity contribution in [2.24, 2.45) is 0 Å². The number of piperidine rings is 1. The van der Waals surface area contributed by atoms with E-state index in [-0.39, 0.29) is 17.3 Å². The Hall–Kier alpha value is -1.68. The van der Waals surface area contributed by atoms with E-state index in [0.29, 0.717) is 6.54 Å². The molecule has 110 valence electrons. The maximum Gasteiger partial charge on any atom is 0.251 e. The Labute approximate surface area is 123 Å². The maximum atomic E-state index is 14.4. The van der Waals surface area contributed by atoms with Gasteiger partial charge in [0.2, 0.25) is 0 Å². The van der Waals surface area contributed by atoms with E-state index in [2.05, 4.69) is 4.90 Å². The molecule has 0 saturated carbocycles. The van der Waals surface area contributed by atoms with E-state index in [1.54, 1.807) is 28.8 Å². The minimum Gasteiger partial charge on any atom is -0.307 e. The second-order valence-corrected chi connectivity index (χ2v) is 6.24. The summed E-state index contributed by atoms with van der Waals surface area (Å²) in [5, 5.41) is 0.965. The van der Waals surface area contributed by atoms with Crippen LogP contribution in [0.3, 0.4) is 0 Å². The van der Waals surface area contributed by atoms with Gasteiger partial charge in [-0.15, -0.1) is 0 Å². The highest BCUT2D eigenvalue weighted by Gasteiger charge is 2.30. The molecule has 21 heavy (non-hydrogen) atoms. The zero-order valence-corrected chi connectivity index (χ0v) is 12.0. The minimum atomic E-state index is -0.165. The molecule has 1 aromatic carbocycles. The van der Waals surface area contributed by atoms with Crippen molar-refractivity contribution in [3.63, 3.8) is 0 Å². The van der Waals surface area contributed by atoms with Gasteiger partial charge in [0.1, 0.15) is 5.82 Å². The molecule has 1 saturated heterocycles. The molecule has 1 atom stereocenters. The standard InChI is InChI=1S/C17H19FN2O/c18-14-6-4-12-5-7-15(21)20-11-13(16(14)17(12)20)10-19-8-2-1-3-9-19/h4-7,13H,1-3,8-11H2. The van der Waals surface area contributed by atoms with Crippen molar-refractivity contribution in [3.05, 3.63) is 46.0 Å². The van der Waals surface area contributed by atoms with Crippen LogP contribution >= 0.6 is 0 Å². The number of pyridine rings is 1. The van der Waals surface area contributed by atoms with Gasteiger partial charge >= 0.3 is 0 Å². The Morgan fingerprint density at radius 3 is 2.67 bits per heavy atom. The fourth-order valence-electron chi connectivity index (χ4n) is 3.88. The topological polar surface area (TPSA) is 25.2 Å². The summed E-state index contributed by atoms with van der Waals surface area (Å²) in [4.78, 5) is 14.5. The van der Waals surface area contributed by atoms with Crippen LogP contribution in [0.25, 0.3) is 10.9 Å². The molecule has 1 fully saturated rings. The predicted molar refractivity (Wildman–Crippen MR) is 81.2 cm³/mol. The van der Waals surface area contributed by atoms with Crippen LogP contribution in [-0.4, -0.2) is 29.1 Å². The van der Waals surface area contributed by atoms with Crippen LogP contribution in [0.5, 0.6) is 0 Å². The van der Waals surface area contributed by atoms with Crippen LogP contribution in [0.15, 0.2) is 29.1 Å². The molecule has 0 N–H and O–H groups in total. The van der Waals surface area contributed by atoms with E-state index in [0.717, 1.165) is 36.1 Å². The van der Waals surface area contributed by atoms with E-state index in [1.165, 1.54) is 19.3 Å². The Kier molecular flexibility index (Phi) is 3.07. The molecule has 0 radical (unpaired) electrons. The molecule has 0 amide bonds. The first kappa shape index (κ1) is 13.0. The van der Waals surface area contributed by atoms with Crippen molar-refractivity contribution >= 4 is 10.9 Å². The number of halogens is 1. The van der Waals surface area contributed by atoms with Crippen molar-refractivity contribution in [1.29, 1.82) is 0 Å². The first-order valence-corrected chi connectivity index (χ1v) is 7.78. The van der Waals surface area contributed by atoms with Gasteiger partial charge in [0.05, 0.1) is 5.52 Å². The number of benzene rings is 1. The summed E-state index contributed by atoms with van der Waals surface area (Å²) in [5.41, 5.74) is 1.54. The maximum absolute atomic E-state index is 14.4. The van der Waals surface area contributed by atoms with Crippen molar-refractivity contribution in [2.45, 2.75) is 31.7 Å². The van der Waals surface area contributed by atoms with Gasteiger partial charge < -0.3 is 9.47 Å². The highest BCUT2D eigenvalue weighted by Crippen LogP contribution is 2.35. The zero-order valence-electron chi connectivity index (χ0n) is 12.0. The van der Waals surface area contributed by atoms with Gasteiger partial charge in [-0.1, -0.05) is 6.42 Å². The second kappa shape index (κ2) is 4.95. The molecule has 0 spiro atoms. The third kappa shape index (κ3) is 2.09. The third-order valence-electron chi connectivity index (χ3n) is 4.87. The van der Waals surface area contributed by atoms with Crippen LogP contribution in [0, 0.1) is 5.82 Å². The summed E-state index contributed by atoms with van der Waals surface area (Å²) in [5.74, 6) is -0.0664. The monoisotopic (exact) mass is 286 g/mol. The molecular weight excluding hydrogens is 267 g/mol. The second-order valence-electron chi connectivity index (χ2n) is 6.24. The van der Waals surface area contributed by atoms with Gasteiger partial charge in [0.25, 0.3) is 5.56 Å². The zero-order chi connectivity index (χ0) is 14.4. The highest BCUT2D eigenvalue weighted by atomic mass is 19.1. The Bertz CT molecular complexity index is 746. The van der Waals surface area contributed by atoms with Crippen molar-refractivity contribution < 1.29 is 4.39 Å². The molecule has 4 heteroatoms. The molecule has 4 rings (SSSR count). The van der Waals surface area contributed by atoms with E-state index >= 15 is 0 Å². The fourth-order valence-corrected chi connectivity index (χ4v) is 3.88. The molecule has 1 aromatic heterocycles. The van der Waals surface area contributed by atoms with Crippen molar-refractivity contribution in [1.82, 2.24) is 9.47 Å². The lowest BCUT2D eigenvalue weighted by molar-refractivity contribution is 0.211. The number of nitrogens with zero attached hydrogens (tertiary/aromatic N) is 2. The summed E-state index contributed by atoms with van der Waals surface area (Å²) in [6.07, 6.45) is 3.75. The Balaban J connectivity index is 1.76. The van der Waals surface area contributed by atoms with Gasteiger partial charge in [0, 0.05) is 30.6 Å². The van der Waals surface area contributed by atoms with E-state index in [1.807, 2.05) is 0 Å². The largest absolute Gasteiger partial charge is 0.307 e. The predicted octanol–water partition coefficient (Wildman–Crippen LogP) is 2.72. The third-order valence-corrected chi connectivity index (χ3v) is 4.87. The lowest BCUT2D eigenvalue weighted by Gasteiger charge is -2.29. The normalized spacial score (nSPS) is 22.0. The summed E-state index contributed by atoms with van der Waals surface area (Å²) in [6.45, 7) is 3.67. The quantitative estimate of drug-likeness (QED) is 0.848. The van der Waals surface area contributed by atoms with Crippen LogP contribution in [-0.2, 0) is 6.54 Å². The first-order valence-electron chi connectivity index (χ1n) is 7.78. The number of hydrogen-bond donors (Lipinski definition) is 0. The summed E-state index contributed by atoms with van der Waals surface area (Å²) in [6, 6.07) is 6.71. The van der Waals surface area contributed by atoms with Crippen LogP contribution < -0.4 is 5.56 Å². The van der Waals surface area contributed by atoms with Gasteiger partial charge in [-0.3, -0.25) is 4.79 Å². The average Bonchev–Trinajstić information content (AvgIpc) is 2.88. The van der Waals surface area contributed by atoms with Crippen LogP contribution in [0.4, 0.5) is 4.39 Å². The fraction of sp³-hybridized carbons (Fsp3) is 0.471. The van der Waals surface area contributed by atoms with Gasteiger partial charge in [-0.2, -0.15) is 0 Å². The van der Waals surface area contributed by atoms with Crippen molar-refractivity contribution in [2.75, 3.05) is 19.6 Å². The molecule has 2 aliphatic rings. The summed E-state index contributed by atoms with van der Waals surface area (Å²) in [7, 11) is 0. The molecule has 0 bridgehead atoms. The molecular formula is C17H19FN2O. The first-order chi connectivity index (χ1) is 10.2. The van der Waals surface area contributed by atoms with Gasteiger partial charge in [0.15, 0.2) is 0 Å². The Morgan fingerprint density at radius 2 is 1.86 bits per heavy atom. The highest BCUT2D eigenvalue weighted by molar-refractivity contribution is 5.84. The minimum absolute atomic E-state index is 0.0181. The molecule has 1 unspecified atom stereocenters. The lowest BCUT2D eigenvalue weighted by atomic mass is 9.97. The summed E-state index contributed by atoms with van der Waals surface area (Å²) < 4.78 is 16.1. The summed E-state index contributed by atoms with van der Waals surface area (Å²) >= 11 is 0. The van der Waals surface area contributed by atoms with E-state index < -0.39 is 0 Å². The smallest absolute Gasteiger partial charge is 0.251 e. The number of likely N-dealkylation sites (tertiary alicyclic amines) is 1.